The van der Waals surface area contributed by atoms with Crippen LogP contribution in [0, 0.1) is 5.92 Å². The van der Waals surface area contributed by atoms with Gasteiger partial charge in [0.2, 0.25) is 0 Å². The van der Waals surface area contributed by atoms with E-state index in [1.54, 1.807) is 0 Å². The second-order valence-corrected chi connectivity index (χ2v) is 5.31. The van der Waals surface area contributed by atoms with Crippen LogP contribution in [-0.2, 0) is 0 Å². The van der Waals surface area contributed by atoms with Gasteiger partial charge in [-0.3, -0.25) is 0 Å². The summed E-state index contributed by atoms with van der Waals surface area (Å²) < 4.78 is 126. The molecule has 128 valence electrons. The lowest BCUT2D eigenvalue weighted by Crippen LogP contribution is -2.55. The second kappa shape index (κ2) is 5.39. The van der Waals surface area contributed by atoms with Gasteiger partial charge in [0.25, 0.3) is 0 Å². The maximum absolute atomic E-state index is 13.8. The summed E-state index contributed by atoms with van der Waals surface area (Å²) in [7, 11) is 0. The number of allylic oxidation sites excluding steroid dienone is 2. The molecule has 0 bridgehead atoms. The normalized spacial score (nSPS) is 24.9. The van der Waals surface area contributed by atoms with Gasteiger partial charge in [0.05, 0.1) is 12.0 Å². The van der Waals surface area contributed by atoms with Gasteiger partial charge in [0.15, 0.2) is 0 Å². The Hall–Kier alpha value is -0.780. The minimum Gasteiger partial charge on any atom is -0.323 e. The lowest BCUT2D eigenvalue weighted by molar-refractivity contribution is -0.325. The first-order valence-electron chi connectivity index (χ1n) is 5.27. The van der Waals surface area contributed by atoms with Crippen LogP contribution in [0.1, 0.15) is 0 Å². The summed E-state index contributed by atoms with van der Waals surface area (Å²) in [6.45, 7) is 0. The van der Waals surface area contributed by atoms with Crippen LogP contribution in [0.4, 0.5) is 43.9 Å². The Morgan fingerprint density at radius 2 is 1.27 bits per heavy atom. The maximum atomic E-state index is 13.8. The molecule has 1 nitrogen and oxygen atoms in total. The van der Waals surface area contributed by atoms with Crippen molar-refractivity contribution < 1.29 is 43.9 Å². The van der Waals surface area contributed by atoms with Crippen molar-refractivity contribution in [3.05, 3.63) is 22.2 Å². The van der Waals surface area contributed by atoms with E-state index in [9.17, 15) is 43.9 Å². The highest BCUT2D eigenvalue weighted by Gasteiger charge is 2.74. The monoisotopic (exact) mass is 409 g/mol. The summed E-state index contributed by atoms with van der Waals surface area (Å²) in [5.41, 5.74) is -3.09. The molecule has 0 aromatic heterocycles. The Morgan fingerprint density at radius 1 is 0.864 bits per heavy atom. The van der Waals surface area contributed by atoms with Crippen LogP contribution >= 0.6 is 15.9 Å². The van der Waals surface area contributed by atoms with Gasteiger partial charge < -0.3 is 5.73 Å². The molecule has 0 amide bonds. The van der Waals surface area contributed by atoms with E-state index in [-0.39, 0.29) is 6.08 Å². The molecule has 1 aliphatic carbocycles. The third-order valence-electron chi connectivity index (χ3n) is 2.91. The first kappa shape index (κ1) is 19.3. The van der Waals surface area contributed by atoms with E-state index in [0.29, 0.717) is 0 Å². The van der Waals surface area contributed by atoms with E-state index >= 15 is 0 Å². The predicted octanol–water partition coefficient (Wildman–Crippen LogP) is 4.54. The quantitative estimate of drug-likeness (QED) is 0.632. The zero-order chi connectivity index (χ0) is 17.7. The molecule has 0 aromatic rings. The van der Waals surface area contributed by atoms with Gasteiger partial charge in [-0.05, 0) is 6.08 Å². The Kier molecular flexibility index (Phi) is 4.72. The number of alkyl halides is 10. The standard InChI is InChI=1S/C10H6BrF10N/c11-5-2-3(1-4(6(5)22)8(13,14)15)7(12,9(16,17)18)10(19,20)21/h1-2,4,6H,22H2. The number of hydrogen-bond acceptors (Lipinski definition) is 1. The number of nitrogens with two attached hydrogens (primary N) is 1. The van der Waals surface area contributed by atoms with Crippen molar-refractivity contribution in [2.45, 2.75) is 30.2 Å². The van der Waals surface area contributed by atoms with Crippen molar-refractivity contribution in [1.29, 1.82) is 0 Å². The fourth-order valence-corrected chi connectivity index (χ4v) is 2.29. The van der Waals surface area contributed by atoms with Gasteiger partial charge in [-0.25, -0.2) is 4.39 Å². The molecule has 0 radical (unpaired) electrons. The Morgan fingerprint density at radius 3 is 1.59 bits per heavy atom. The molecule has 0 heterocycles. The van der Waals surface area contributed by atoms with Gasteiger partial charge in [-0.15, -0.1) is 0 Å². The average molecular weight is 410 g/mol. The van der Waals surface area contributed by atoms with Crippen LogP contribution in [0.15, 0.2) is 22.2 Å². The minimum atomic E-state index is -6.50. The van der Waals surface area contributed by atoms with Crippen molar-refractivity contribution in [2.24, 2.45) is 11.7 Å². The molecular weight excluding hydrogens is 404 g/mol. The Labute approximate surface area is 125 Å². The molecule has 2 unspecified atom stereocenters. The van der Waals surface area contributed by atoms with Crippen LogP contribution in [0.2, 0.25) is 0 Å². The molecule has 1 aliphatic rings. The summed E-state index contributed by atoms with van der Waals surface area (Å²) in [6.07, 6.45) is -18.8. The number of hydrogen-bond donors (Lipinski definition) is 1. The van der Waals surface area contributed by atoms with E-state index in [0.717, 1.165) is 0 Å². The highest BCUT2D eigenvalue weighted by atomic mass is 79.9. The second-order valence-electron chi connectivity index (χ2n) is 4.40. The topological polar surface area (TPSA) is 26.0 Å². The fourth-order valence-electron chi connectivity index (χ4n) is 1.76. The molecule has 0 fully saturated rings. The van der Waals surface area contributed by atoms with Crippen molar-refractivity contribution in [3.8, 4) is 0 Å². The third-order valence-corrected chi connectivity index (χ3v) is 3.67. The average Bonchev–Trinajstić information content (AvgIpc) is 2.26. The van der Waals surface area contributed by atoms with Crippen LogP contribution < -0.4 is 5.73 Å². The first-order chi connectivity index (χ1) is 9.53. The van der Waals surface area contributed by atoms with Gasteiger partial charge in [-0.1, -0.05) is 22.0 Å². The molecule has 0 spiro atoms. The molecule has 22 heavy (non-hydrogen) atoms. The lowest BCUT2D eigenvalue weighted by Gasteiger charge is -2.35. The molecule has 2 atom stereocenters. The number of rotatable bonds is 1. The van der Waals surface area contributed by atoms with Gasteiger partial charge >= 0.3 is 24.2 Å². The highest BCUT2D eigenvalue weighted by molar-refractivity contribution is 9.11. The smallest absolute Gasteiger partial charge is 0.323 e. The fraction of sp³-hybridized carbons (Fsp3) is 0.600. The SMILES string of the molecule is NC1C(Br)=CC(C(F)(C(F)(F)F)C(F)(F)F)=CC1C(F)(F)F. The van der Waals surface area contributed by atoms with E-state index in [4.69, 9.17) is 5.73 Å². The summed E-state index contributed by atoms with van der Waals surface area (Å²) in [6, 6.07) is -1.98. The van der Waals surface area contributed by atoms with E-state index < -0.39 is 52.3 Å². The summed E-state index contributed by atoms with van der Waals surface area (Å²) in [5, 5.41) is 0. The van der Waals surface area contributed by atoms with E-state index in [1.807, 2.05) is 0 Å². The van der Waals surface area contributed by atoms with Crippen molar-refractivity contribution in [2.75, 3.05) is 0 Å². The zero-order valence-corrected chi connectivity index (χ0v) is 11.6. The van der Waals surface area contributed by atoms with Crippen LogP contribution in [0.3, 0.4) is 0 Å². The van der Waals surface area contributed by atoms with Crippen LogP contribution in [0.5, 0.6) is 0 Å². The highest BCUT2D eigenvalue weighted by Crippen LogP contribution is 2.53. The zero-order valence-electron chi connectivity index (χ0n) is 10.0. The summed E-state index contributed by atoms with van der Waals surface area (Å²) in [5.74, 6) is -2.90. The van der Waals surface area contributed by atoms with Crippen molar-refractivity contribution >= 4 is 15.9 Å². The molecule has 1 rings (SSSR count). The molecule has 0 aromatic carbocycles. The van der Waals surface area contributed by atoms with Gasteiger partial charge in [0, 0.05) is 10.1 Å². The third kappa shape index (κ3) is 3.12. The van der Waals surface area contributed by atoms with Crippen molar-refractivity contribution in [1.82, 2.24) is 0 Å². The molecule has 2 N–H and O–H groups in total. The maximum Gasteiger partial charge on any atom is 0.435 e. The molecule has 0 aliphatic heterocycles. The molecule has 0 saturated carbocycles. The molecule has 12 heteroatoms. The van der Waals surface area contributed by atoms with Crippen LogP contribution in [-0.4, -0.2) is 30.2 Å². The van der Waals surface area contributed by atoms with E-state index in [1.165, 1.54) is 0 Å². The summed E-state index contributed by atoms with van der Waals surface area (Å²) in [4.78, 5) is 0. The Bertz CT molecular complexity index is 483. The van der Waals surface area contributed by atoms with Gasteiger partial charge in [-0.2, -0.15) is 39.5 Å². The van der Waals surface area contributed by atoms with Crippen LogP contribution in [0.25, 0.3) is 0 Å². The number of halogens is 11. The first-order valence-corrected chi connectivity index (χ1v) is 6.07. The molecular formula is C10H6BrF10N. The van der Waals surface area contributed by atoms with E-state index in [2.05, 4.69) is 15.9 Å². The molecule has 0 saturated heterocycles. The minimum absolute atomic E-state index is 0.0338. The largest absolute Gasteiger partial charge is 0.435 e. The van der Waals surface area contributed by atoms with Crippen molar-refractivity contribution in [3.63, 3.8) is 0 Å². The lowest BCUT2D eigenvalue weighted by atomic mass is 9.83. The van der Waals surface area contributed by atoms with Gasteiger partial charge in [0.1, 0.15) is 0 Å². The predicted molar refractivity (Wildman–Crippen MR) is 58.6 cm³/mol. The Balaban J connectivity index is 3.56. The summed E-state index contributed by atoms with van der Waals surface area (Å²) >= 11 is 2.35.